The maximum Gasteiger partial charge on any atom is 0.332 e. The summed E-state index contributed by atoms with van der Waals surface area (Å²) in [4.78, 5) is 34.5. The molecule has 2 heterocycles. The topological polar surface area (TPSA) is 74.7 Å². The molecule has 1 aromatic carbocycles. The van der Waals surface area contributed by atoms with E-state index in [4.69, 9.17) is 0 Å². The number of pyridine rings is 1. The number of aromatic nitrogens is 1. The minimum atomic E-state index is -0.327. The van der Waals surface area contributed by atoms with E-state index >= 15 is 0 Å². The van der Waals surface area contributed by atoms with Gasteiger partial charge in [-0.05, 0) is 31.2 Å². The molecule has 0 spiro atoms. The lowest BCUT2D eigenvalue weighted by Crippen LogP contribution is -2.38. The predicted molar refractivity (Wildman–Crippen MR) is 102 cm³/mol. The first kappa shape index (κ1) is 17.2. The van der Waals surface area contributed by atoms with Gasteiger partial charge in [0, 0.05) is 28.9 Å². The van der Waals surface area contributed by atoms with E-state index in [1.54, 1.807) is 48.8 Å². The number of hydrogen-bond acceptors (Lipinski definition) is 5. The van der Waals surface area contributed by atoms with Crippen LogP contribution in [0, 0.1) is 0 Å². The molecule has 0 radical (unpaired) electrons. The number of hydrogen-bond donors (Lipinski definition) is 1. The quantitative estimate of drug-likeness (QED) is 0.851. The molecule has 1 N–H and O–H groups in total. The smallest absolute Gasteiger partial charge is 0.307 e. The van der Waals surface area contributed by atoms with Crippen LogP contribution in [0.2, 0.25) is 0 Å². The first-order valence-electron chi connectivity index (χ1n) is 7.88. The zero-order valence-electron chi connectivity index (χ0n) is 14.0. The number of thioether (sulfide) groups is 1. The molecule has 25 heavy (non-hydrogen) atoms. The van der Waals surface area contributed by atoms with E-state index < -0.39 is 0 Å². The molecule has 1 aliphatic heterocycles. The molecule has 0 saturated carbocycles. The number of amides is 2. The van der Waals surface area contributed by atoms with Crippen LogP contribution in [0.4, 0.5) is 16.2 Å². The number of anilines is 2. The van der Waals surface area contributed by atoms with Crippen LogP contribution in [0.5, 0.6) is 0 Å². The molecule has 0 saturated heterocycles. The van der Waals surface area contributed by atoms with Crippen molar-refractivity contribution in [3.05, 3.63) is 54.4 Å². The molecule has 1 atom stereocenters. The van der Waals surface area contributed by atoms with E-state index in [0.29, 0.717) is 33.9 Å². The van der Waals surface area contributed by atoms with Crippen molar-refractivity contribution in [1.82, 2.24) is 4.98 Å². The Morgan fingerprint density at radius 3 is 2.64 bits per heavy atom. The third-order valence-corrected chi connectivity index (χ3v) is 4.70. The van der Waals surface area contributed by atoms with Crippen LogP contribution in [0.15, 0.2) is 53.8 Å². The Kier molecular flexibility index (Phi) is 5.14. The number of nitrogens with zero attached hydrogens (tertiary/aromatic N) is 3. The number of carbonyl (C=O) groups is 2. The van der Waals surface area contributed by atoms with Crippen molar-refractivity contribution in [2.45, 2.75) is 19.1 Å². The Hall–Kier alpha value is -2.67. The molecule has 2 amide bonds. The minimum absolute atomic E-state index is 0.0503. The van der Waals surface area contributed by atoms with Crippen molar-refractivity contribution < 1.29 is 9.59 Å². The molecule has 1 aliphatic rings. The van der Waals surface area contributed by atoms with E-state index in [0.717, 1.165) is 0 Å². The highest BCUT2D eigenvalue weighted by Crippen LogP contribution is 2.28. The molecule has 0 aliphatic carbocycles. The molecule has 0 unspecified atom stereocenters. The lowest BCUT2D eigenvalue weighted by Gasteiger charge is -2.23. The lowest BCUT2D eigenvalue weighted by molar-refractivity contribution is 0.101. The number of benzene rings is 1. The second-order valence-corrected chi connectivity index (χ2v) is 7.07. The number of amidine groups is 1. The summed E-state index contributed by atoms with van der Waals surface area (Å²) in [6, 6.07) is 10.1. The average Bonchev–Trinajstić information content (AvgIpc) is 3.02. The van der Waals surface area contributed by atoms with E-state index in [1.807, 2.05) is 0 Å². The molecule has 0 fully saturated rings. The molecule has 6 nitrogen and oxygen atoms in total. The van der Waals surface area contributed by atoms with E-state index in [9.17, 15) is 9.59 Å². The lowest BCUT2D eigenvalue weighted by atomic mass is 10.1. The van der Waals surface area contributed by atoms with Gasteiger partial charge >= 0.3 is 6.03 Å². The first-order chi connectivity index (χ1) is 12.0. The van der Waals surface area contributed by atoms with Crippen LogP contribution in [-0.2, 0) is 0 Å². The third-order valence-electron chi connectivity index (χ3n) is 3.63. The Balaban J connectivity index is 1.94. The van der Waals surface area contributed by atoms with Gasteiger partial charge in [0.05, 0.1) is 12.2 Å². The van der Waals surface area contributed by atoms with Crippen LogP contribution in [0.1, 0.15) is 24.2 Å². The van der Waals surface area contributed by atoms with Gasteiger partial charge < -0.3 is 5.32 Å². The number of rotatable bonds is 3. The van der Waals surface area contributed by atoms with Crippen LogP contribution >= 0.6 is 11.8 Å². The van der Waals surface area contributed by atoms with Gasteiger partial charge in [-0.2, -0.15) is 0 Å². The second-order valence-electron chi connectivity index (χ2n) is 5.66. The normalized spacial score (nSPS) is 16.2. The van der Waals surface area contributed by atoms with Crippen molar-refractivity contribution in [2.75, 3.05) is 16.8 Å². The van der Waals surface area contributed by atoms with E-state index in [2.05, 4.69) is 22.2 Å². The highest BCUT2D eigenvalue weighted by Gasteiger charge is 2.27. The molecular formula is C18H18N4O2S. The summed E-state index contributed by atoms with van der Waals surface area (Å²) in [5.41, 5.74) is 1.81. The van der Waals surface area contributed by atoms with Crippen molar-refractivity contribution in [1.29, 1.82) is 0 Å². The van der Waals surface area contributed by atoms with Crippen molar-refractivity contribution in [2.24, 2.45) is 4.99 Å². The molecule has 0 bridgehead atoms. The molecule has 2 aromatic rings. The monoisotopic (exact) mass is 354 g/mol. The fraction of sp³-hybridized carbons (Fsp3) is 0.222. The maximum atomic E-state index is 12.9. The summed E-state index contributed by atoms with van der Waals surface area (Å²) in [6.07, 6.45) is 3.22. The van der Waals surface area contributed by atoms with E-state index in [1.165, 1.54) is 23.6 Å². The Morgan fingerprint density at radius 1 is 1.24 bits per heavy atom. The summed E-state index contributed by atoms with van der Waals surface area (Å²) in [6.45, 7) is 4.22. The molecule has 7 heteroatoms. The van der Waals surface area contributed by atoms with Crippen LogP contribution in [0.25, 0.3) is 0 Å². The fourth-order valence-corrected chi connectivity index (χ4v) is 3.33. The number of aliphatic imine (C=N–C) groups is 1. The van der Waals surface area contributed by atoms with Gasteiger partial charge in [0.15, 0.2) is 11.0 Å². The Labute approximate surface area is 150 Å². The fourth-order valence-electron chi connectivity index (χ4n) is 2.38. The van der Waals surface area contributed by atoms with Crippen LogP contribution in [0.3, 0.4) is 0 Å². The number of ketones is 1. The van der Waals surface area contributed by atoms with Gasteiger partial charge in [-0.3, -0.25) is 14.8 Å². The zero-order valence-corrected chi connectivity index (χ0v) is 14.8. The highest BCUT2D eigenvalue weighted by atomic mass is 32.2. The van der Waals surface area contributed by atoms with Crippen LogP contribution < -0.4 is 10.2 Å². The highest BCUT2D eigenvalue weighted by molar-refractivity contribution is 8.15. The van der Waals surface area contributed by atoms with E-state index in [-0.39, 0.29) is 11.8 Å². The summed E-state index contributed by atoms with van der Waals surface area (Å²) >= 11 is 1.54. The van der Waals surface area contributed by atoms with Crippen molar-refractivity contribution in [3.63, 3.8) is 0 Å². The summed E-state index contributed by atoms with van der Waals surface area (Å²) < 4.78 is 0. The predicted octanol–water partition coefficient (Wildman–Crippen LogP) is 3.81. The van der Waals surface area contributed by atoms with Gasteiger partial charge in [-0.1, -0.05) is 30.8 Å². The van der Waals surface area contributed by atoms with Gasteiger partial charge in [0.25, 0.3) is 0 Å². The summed E-state index contributed by atoms with van der Waals surface area (Å²) in [5, 5.41) is 3.78. The second kappa shape index (κ2) is 7.48. The maximum absolute atomic E-state index is 12.9. The number of nitrogens with one attached hydrogen (secondary N) is 1. The van der Waals surface area contributed by atoms with Crippen molar-refractivity contribution >= 4 is 40.1 Å². The zero-order chi connectivity index (χ0) is 17.8. The van der Waals surface area contributed by atoms with Gasteiger partial charge in [-0.15, -0.1) is 0 Å². The van der Waals surface area contributed by atoms with Gasteiger partial charge in [0.2, 0.25) is 0 Å². The van der Waals surface area contributed by atoms with Crippen molar-refractivity contribution in [3.8, 4) is 0 Å². The molecule has 3 rings (SSSR count). The van der Waals surface area contributed by atoms with Gasteiger partial charge in [-0.25, -0.2) is 9.69 Å². The number of carbonyl (C=O) groups excluding carboxylic acids is 2. The average molecular weight is 354 g/mol. The first-order valence-corrected chi connectivity index (χ1v) is 8.76. The Morgan fingerprint density at radius 2 is 2.00 bits per heavy atom. The molecule has 1 aromatic heterocycles. The number of Topliss-reactive ketones (excluding diaryl/α,β-unsaturated/α-hetero) is 1. The standard InChI is InChI=1S/C18H18N4O2S/c1-12-11-20-18(25-12)22(16-5-3-4-14(10-16)13(2)23)17(24)21-15-6-8-19-9-7-15/h3-10,12H,11H2,1-2H3,(H,19,21,24)/t12-/m1/s1. The summed E-state index contributed by atoms with van der Waals surface area (Å²) in [5.74, 6) is -0.0503. The SMILES string of the molecule is CC(=O)c1cccc(N(C(=O)Nc2ccncc2)C2=NC[C@@H](C)S2)c1. The molecular weight excluding hydrogens is 336 g/mol. The Bertz CT molecular complexity index is 823. The summed E-state index contributed by atoms with van der Waals surface area (Å²) in [7, 11) is 0. The number of urea groups is 1. The minimum Gasteiger partial charge on any atom is -0.307 e. The molecule has 128 valence electrons. The largest absolute Gasteiger partial charge is 0.332 e. The third kappa shape index (κ3) is 4.06. The van der Waals surface area contributed by atoms with Crippen LogP contribution in [-0.4, -0.2) is 33.8 Å². The van der Waals surface area contributed by atoms with Gasteiger partial charge in [0.1, 0.15) is 0 Å².